The average molecular weight is 299 g/mol. The first-order chi connectivity index (χ1) is 10.6. The van der Waals surface area contributed by atoms with Crippen molar-refractivity contribution in [1.82, 2.24) is 0 Å². The number of aryl methyl sites for hydroxylation is 1. The minimum absolute atomic E-state index is 0.267. The van der Waals surface area contributed by atoms with Crippen LogP contribution in [0.2, 0.25) is 0 Å². The number of anilines is 1. The Balaban J connectivity index is 1.97. The maximum absolute atomic E-state index is 11.9. The van der Waals surface area contributed by atoms with Crippen LogP contribution in [-0.4, -0.2) is 18.5 Å². The van der Waals surface area contributed by atoms with Gasteiger partial charge < -0.3 is 14.5 Å². The molecular formula is C17H17NO4. The van der Waals surface area contributed by atoms with Gasteiger partial charge in [-0.05, 0) is 49.8 Å². The zero-order valence-electron chi connectivity index (χ0n) is 12.5. The minimum Gasteiger partial charge on any atom is -0.463 e. The minimum atomic E-state index is -0.381. The van der Waals surface area contributed by atoms with Gasteiger partial charge in [0.25, 0.3) is 5.91 Å². The van der Waals surface area contributed by atoms with E-state index in [4.69, 9.17) is 9.15 Å². The van der Waals surface area contributed by atoms with Crippen LogP contribution in [0.25, 0.3) is 6.08 Å². The number of hydrogen-bond acceptors (Lipinski definition) is 4. The first-order valence-corrected chi connectivity index (χ1v) is 6.91. The Hall–Kier alpha value is -2.82. The highest BCUT2D eigenvalue weighted by Crippen LogP contribution is 2.13. The van der Waals surface area contributed by atoms with Crippen molar-refractivity contribution in [3.8, 4) is 0 Å². The lowest BCUT2D eigenvalue weighted by Crippen LogP contribution is -2.10. The molecule has 1 heterocycles. The van der Waals surface area contributed by atoms with E-state index in [-0.39, 0.29) is 17.6 Å². The summed E-state index contributed by atoms with van der Waals surface area (Å²) in [5, 5.41) is 2.74. The van der Waals surface area contributed by atoms with Crippen LogP contribution in [0.4, 0.5) is 5.69 Å². The number of benzene rings is 1. The molecule has 0 aliphatic carbocycles. The quantitative estimate of drug-likeness (QED) is 0.678. The van der Waals surface area contributed by atoms with E-state index in [0.29, 0.717) is 18.1 Å². The van der Waals surface area contributed by atoms with Crippen LogP contribution in [0.1, 0.15) is 28.8 Å². The molecular weight excluding hydrogens is 282 g/mol. The number of carbonyl (C=O) groups is 2. The Morgan fingerprint density at radius 3 is 2.50 bits per heavy atom. The number of furan rings is 1. The molecule has 1 amide bonds. The maximum atomic E-state index is 11.9. The second-order valence-corrected chi connectivity index (χ2v) is 4.57. The van der Waals surface area contributed by atoms with Gasteiger partial charge in [-0.15, -0.1) is 0 Å². The van der Waals surface area contributed by atoms with E-state index < -0.39 is 0 Å². The highest BCUT2D eigenvalue weighted by Gasteiger charge is 2.09. The zero-order valence-corrected chi connectivity index (χ0v) is 12.5. The van der Waals surface area contributed by atoms with E-state index in [1.807, 2.05) is 0 Å². The predicted octanol–water partition coefficient (Wildman–Crippen LogP) is 3.42. The van der Waals surface area contributed by atoms with E-state index in [1.165, 1.54) is 6.08 Å². The molecule has 5 nitrogen and oxygen atoms in total. The van der Waals surface area contributed by atoms with Crippen LogP contribution in [0.3, 0.4) is 0 Å². The summed E-state index contributed by atoms with van der Waals surface area (Å²) in [4.78, 5) is 23.1. The third kappa shape index (κ3) is 4.34. The molecule has 0 bridgehead atoms. The van der Waals surface area contributed by atoms with E-state index >= 15 is 0 Å². The molecule has 5 heteroatoms. The molecule has 0 atom stereocenters. The van der Waals surface area contributed by atoms with Crippen LogP contribution < -0.4 is 5.32 Å². The Bertz CT molecular complexity index is 683. The van der Waals surface area contributed by atoms with Crippen molar-refractivity contribution >= 4 is 23.6 Å². The summed E-state index contributed by atoms with van der Waals surface area (Å²) >= 11 is 0. The van der Waals surface area contributed by atoms with Gasteiger partial charge in [0.15, 0.2) is 5.76 Å². The molecule has 1 N–H and O–H groups in total. The van der Waals surface area contributed by atoms with E-state index in [9.17, 15) is 9.59 Å². The van der Waals surface area contributed by atoms with Crippen LogP contribution in [-0.2, 0) is 9.53 Å². The van der Waals surface area contributed by atoms with Gasteiger partial charge >= 0.3 is 5.97 Å². The number of carbonyl (C=O) groups excluding carboxylic acids is 2. The molecule has 1 aromatic heterocycles. The maximum Gasteiger partial charge on any atom is 0.330 e. The number of amides is 1. The SMILES string of the molecule is CCOC(=O)/C=C/c1ccc(NC(=O)c2ccc(C)o2)cc1. The number of nitrogens with one attached hydrogen (secondary N) is 1. The molecule has 1 aromatic carbocycles. The molecule has 2 rings (SSSR count). The summed E-state index contributed by atoms with van der Waals surface area (Å²) < 4.78 is 10.1. The van der Waals surface area contributed by atoms with E-state index in [0.717, 1.165) is 5.56 Å². The predicted molar refractivity (Wildman–Crippen MR) is 83.5 cm³/mol. The second kappa shape index (κ2) is 7.26. The zero-order chi connectivity index (χ0) is 15.9. The first kappa shape index (κ1) is 15.6. The number of ether oxygens (including phenoxy) is 1. The molecule has 0 fully saturated rings. The Labute approximate surface area is 128 Å². The summed E-state index contributed by atoms with van der Waals surface area (Å²) in [6.07, 6.45) is 3.02. The van der Waals surface area contributed by atoms with Crippen molar-refractivity contribution < 1.29 is 18.7 Å². The molecule has 0 aliphatic rings. The molecule has 0 saturated carbocycles. The lowest BCUT2D eigenvalue weighted by atomic mass is 10.2. The summed E-state index contributed by atoms with van der Waals surface area (Å²) in [5.41, 5.74) is 1.48. The van der Waals surface area contributed by atoms with Crippen LogP contribution in [0.15, 0.2) is 46.9 Å². The molecule has 0 unspecified atom stereocenters. The van der Waals surface area contributed by atoms with Crippen molar-refractivity contribution in [2.24, 2.45) is 0 Å². The second-order valence-electron chi connectivity index (χ2n) is 4.57. The molecule has 114 valence electrons. The largest absolute Gasteiger partial charge is 0.463 e. The van der Waals surface area contributed by atoms with Crippen molar-refractivity contribution in [2.45, 2.75) is 13.8 Å². The van der Waals surface area contributed by atoms with Gasteiger partial charge in [0.1, 0.15) is 5.76 Å². The molecule has 2 aromatic rings. The first-order valence-electron chi connectivity index (χ1n) is 6.91. The van der Waals surface area contributed by atoms with Gasteiger partial charge in [0, 0.05) is 11.8 Å². The average Bonchev–Trinajstić information content (AvgIpc) is 2.93. The monoisotopic (exact) mass is 299 g/mol. The summed E-state index contributed by atoms with van der Waals surface area (Å²) in [6.45, 7) is 3.88. The molecule has 0 saturated heterocycles. The lowest BCUT2D eigenvalue weighted by molar-refractivity contribution is -0.137. The number of rotatable bonds is 5. The molecule has 22 heavy (non-hydrogen) atoms. The van der Waals surface area contributed by atoms with Crippen LogP contribution >= 0.6 is 0 Å². The highest BCUT2D eigenvalue weighted by molar-refractivity contribution is 6.02. The highest BCUT2D eigenvalue weighted by atomic mass is 16.5. The topological polar surface area (TPSA) is 68.5 Å². The Kier molecular flexibility index (Phi) is 5.14. The van der Waals surface area contributed by atoms with Crippen molar-refractivity contribution in [2.75, 3.05) is 11.9 Å². The van der Waals surface area contributed by atoms with E-state index in [2.05, 4.69) is 5.32 Å². The standard InChI is InChI=1S/C17H17NO4/c1-3-21-16(19)11-7-13-5-8-14(9-6-13)18-17(20)15-10-4-12(2)22-15/h4-11H,3H2,1-2H3,(H,18,20)/b11-7+. The van der Waals surface area contributed by atoms with Gasteiger partial charge in [-0.2, -0.15) is 0 Å². The van der Waals surface area contributed by atoms with Gasteiger partial charge in [0.05, 0.1) is 6.61 Å². The normalized spacial score (nSPS) is 10.6. The summed E-state index contributed by atoms with van der Waals surface area (Å²) in [6, 6.07) is 10.4. The summed E-state index contributed by atoms with van der Waals surface area (Å²) in [7, 11) is 0. The van der Waals surface area contributed by atoms with Gasteiger partial charge in [-0.25, -0.2) is 4.79 Å². The summed E-state index contributed by atoms with van der Waals surface area (Å²) in [5.74, 6) is 0.268. The van der Waals surface area contributed by atoms with Crippen molar-refractivity contribution in [3.05, 3.63) is 59.6 Å². The van der Waals surface area contributed by atoms with Crippen molar-refractivity contribution in [3.63, 3.8) is 0 Å². The Morgan fingerprint density at radius 2 is 1.91 bits per heavy atom. The van der Waals surface area contributed by atoms with Crippen LogP contribution in [0.5, 0.6) is 0 Å². The lowest BCUT2D eigenvalue weighted by Gasteiger charge is -2.03. The number of esters is 1. The number of hydrogen-bond donors (Lipinski definition) is 1. The van der Waals surface area contributed by atoms with E-state index in [1.54, 1.807) is 56.3 Å². The fraction of sp³-hybridized carbons (Fsp3) is 0.176. The third-order valence-corrected chi connectivity index (χ3v) is 2.83. The fourth-order valence-corrected chi connectivity index (χ4v) is 1.78. The van der Waals surface area contributed by atoms with Gasteiger partial charge in [-0.3, -0.25) is 4.79 Å². The molecule has 0 spiro atoms. The fourth-order valence-electron chi connectivity index (χ4n) is 1.78. The molecule has 0 aliphatic heterocycles. The van der Waals surface area contributed by atoms with Crippen LogP contribution in [0, 0.1) is 6.92 Å². The van der Waals surface area contributed by atoms with Gasteiger partial charge in [-0.1, -0.05) is 12.1 Å². The smallest absolute Gasteiger partial charge is 0.330 e. The van der Waals surface area contributed by atoms with Gasteiger partial charge in [0.2, 0.25) is 0 Å². The Morgan fingerprint density at radius 1 is 1.18 bits per heavy atom. The molecule has 0 radical (unpaired) electrons. The third-order valence-electron chi connectivity index (χ3n) is 2.83. The van der Waals surface area contributed by atoms with Crippen molar-refractivity contribution in [1.29, 1.82) is 0 Å².